The Kier molecular flexibility index (Phi) is 2.78. The average molecular weight is 180 g/mol. The van der Waals surface area contributed by atoms with E-state index in [0.29, 0.717) is 0 Å². The molecule has 0 bridgehead atoms. The van der Waals surface area contributed by atoms with Crippen LogP contribution < -0.4 is 16.0 Å². The van der Waals surface area contributed by atoms with Crippen LogP contribution in [0, 0.1) is 0 Å². The van der Waals surface area contributed by atoms with E-state index in [-0.39, 0.29) is 5.60 Å². The van der Waals surface area contributed by atoms with Gasteiger partial charge in [-0.05, 0) is 32.9 Å². The van der Waals surface area contributed by atoms with E-state index >= 15 is 0 Å². The Morgan fingerprint density at radius 3 is 2.54 bits per heavy atom. The fraction of sp³-hybridized carbons (Fsp3) is 0.400. The highest BCUT2D eigenvalue weighted by atomic mass is 16.5. The van der Waals surface area contributed by atoms with E-state index in [0.717, 1.165) is 11.4 Å². The van der Waals surface area contributed by atoms with Gasteiger partial charge < -0.3 is 10.2 Å². The summed E-state index contributed by atoms with van der Waals surface area (Å²) in [6.45, 7) is 6.03. The first-order valence-corrected chi connectivity index (χ1v) is 4.27. The van der Waals surface area contributed by atoms with Gasteiger partial charge in [0.25, 0.3) is 0 Å². The Labute approximate surface area is 78.9 Å². The molecule has 0 aliphatic carbocycles. The first-order chi connectivity index (χ1) is 6.01. The molecule has 13 heavy (non-hydrogen) atoms. The van der Waals surface area contributed by atoms with E-state index < -0.39 is 0 Å². The van der Waals surface area contributed by atoms with Crippen molar-refractivity contribution in [3.63, 3.8) is 0 Å². The number of nitrogens with one attached hydrogen (secondary N) is 1. The standard InChI is InChI=1S/C10H16N2O/c1-10(2,3)13-9-6-4-5-8(7-9)12-11/h4-7,12H,11H2,1-3H3. The van der Waals surface area contributed by atoms with Crippen LogP contribution >= 0.6 is 0 Å². The van der Waals surface area contributed by atoms with Crippen LogP contribution in [0.25, 0.3) is 0 Å². The number of benzene rings is 1. The average Bonchev–Trinajstić information content (AvgIpc) is 2.01. The Balaban J connectivity index is 2.78. The Morgan fingerprint density at radius 1 is 1.31 bits per heavy atom. The summed E-state index contributed by atoms with van der Waals surface area (Å²) in [5, 5.41) is 0. The van der Waals surface area contributed by atoms with E-state index in [1.165, 1.54) is 0 Å². The number of rotatable bonds is 2. The zero-order valence-electron chi connectivity index (χ0n) is 8.29. The van der Waals surface area contributed by atoms with Crippen LogP contribution in [0.3, 0.4) is 0 Å². The van der Waals surface area contributed by atoms with Gasteiger partial charge in [-0.1, -0.05) is 6.07 Å². The van der Waals surface area contributed by atoms with Crippen molar-refractivity contribution in [3.05, 3.63) is 24.3 Å². The molecule has 0 aromatic heterocycles. The molecule has 3 N–H and O–H groups in total. The van der Waals surface area contributed by atoms with E-state index in [4.69, 9.17) is 10.6 Å². The van der Waals surface area contributed by atoms with Gasteiger partial charge in [0.05, 0.1) is 5.69 Å². The zero-order chi connectivity index (χ0) is 9.90. The molecule has 0 aliphatic heterocycles. The lowest BCUT2D eigenvalue weighted by atomic mass is 10.2. The fourth-order valence-corrected chi connectivity index (χ4v) is 1.00. The lowest BCUT2D eigenvalue weighted by Gasteiger charge is -2.21. The molecule has 0 unspecified atom stereocenters. The number of hydrogen-bond acceptors (Lipinski definition) is 3. The molecule has 1 aromatic carbocycles. The molecule has 3 heteroatoms. The molecule has 0 fully saturated rings. The molecule has 0 aliphatic rings. The van der Waals surface area contributed by atoms with Crippen molar-refractivity contribution in [1.82, 2.24) is 0 Å². The first kappa shape index (κ1) is 9.86. The highest BCUT2D eigenvalue weighted by molar-refractivity contribution is 5.47. The normalized spacial score (nSPS) is 11.1. The topological polar surface area (TPSA) is 47.3 Å². The van der Waals surface area contributed by atoms with Crippen molar-refractivity contribution < 1.29 is 4.74 Å². The van der Waals surface area contributed by atoms with Crippen LogP contribution in [0.4, 0.5) is 5.69 Å². The quantitative estimate of drug-likeness (QED) is 0.541. The molecular weight excluding hydrogens is 164 g/mol. The Bertz CT molecular complexity index is 278. The zero-order valence-corrected chi connectivity index (χ0v) is 8.29. The SMILES string of the molecule is CC(C)(C)Oc1cccc(NN)c1. The highest BCUT2D eigenvalue weighted by Gasteiger charge is 2.11. The van der Waals surface area contributed by atoms with Gasteiger partial charge in [-0.2, -0.15) is 0 Å². The van der Waals surface area contributed by atoms with E-state index in [1.54, 1.807) is 0 Å². The maximum absolute atomic E-state index is 5.65. The van der Waals surface area contributed by atoms with Crippen molar-refractivity contribution in [2.75, 3.05) is 5.43 Å². The molecule has 0 saturated carbocycles. The molecule has 72 valence electrons. The fourth-order valence-electron chi connectivity index (χ4n) is 1.00. The van der Waals surface area contributed by atoms with Crippen molar-refractivity contribution >= 4 is 5.69 Å². The lowest BCUT2D eigenvalue weighted by Crippen LogP contribution is -2.23. The number of anilines is 1. The predicted octanol–water partition coefficient (Wildman–Crippen LogP) is 2.15. The lowest BCUT2D eigenvalue weighted by molar-refractivity contribution is 0.131. The van der Waals surface area contributed by atoms with Gasteiger partial charge in [-0.15, -0.1) is 0 Å². The molecule has 0 atom stereocenters. The van der Waals surface area contributed by atoms with Crippen LogP contribution in [0.5, 0.6) is 5.75 Å². The number of hydrogen-bond donors (Lipinski definition) is 2. The van der Waals surface area contributed by atoms with Crippen LogP contribution in [0.2, 0.25) is 0 Å². The molecule has 1 aromatic rings. The summed E-state index contributed by atoms with van der Waals surface area (Å²) in [5.74, 6) is 6.10. The van der Waals surface area contributed by atoms with Gasteiger partial charge >= 0.3 is 0 Å². The third-order valence-corrected chi connectivity index (χ3v) is 1.42. The van der Waals surface area contributed by atoms with Crippen molar-refractivity contribution in [1.29, 1.82) is 0 Å². The van der Waals surface area contributed by atoms with Gasteiger partial charge in [0.1, 0.15) is 11.4 Å². The second-order valence-electron chi connectivity index (χ2n) is 3.89. The van der Waals surface area contributed by atoms with Gasteiger partial charge in [-0.25, -0.2) is 0 Å². The number of ether oxygens (including phenoxy) is 1. The van der Waals surface area contributed by atoms with Crippen molar-refractivity contribution in [3.8, 4) is 5.75 Å². The third-order valence-electron chi connectivity index (χ3n) is 1.42. The van der Waals surface area contributed by atoms with E-state index in [1.807, 2.05) is 45.0 Å². The summed E-state index contributed by atoms with van der Waals surface area (Å²) in [6.07, 6.45) is 0. The molecule has 0 spiro atoms. The number of nitrogens with two attached hydrogens (primary N) is 1. The molecular formula is C10H16N2O. The second kappa shape index (κ2) is 3.66. The molecule has 0 heterocycles. The number of nitrogen functional groups attached to an aromatic ring is 1. The maximum Gasteiger partial charge on any atom is 0.122 e. The summed E-state index contributed by atoms with van der Waals surface area (Å²) < 4.78 is 5.65. The van der Waals surface area contributed by atoms with Gasteiger partial charge in [0, 0.05) is 6.07 Å². The van der Waals surface area contributed by atoms with Crippen molar-refractivity contribution in [2.24, 2.45) is 5.84 Å². The first-order valence-electron chi connectivity index (χ1n) is 4.27. The van der Waals surface area contributed by atoms with Crippen LogP contribution in [0.1, 0.15) is 20.8 Å². The van der Waals surface area contributed by atoms with E-state index in [2.05, 4.69) is 5.43 Å². The minimum atomic E-state index is -0.173. The Hall–Kier alpha value is -1.22. The van der Waals surface area contributed by atoms with Crippen molar-refractivity contribution in [2.45, 2.75) is 26.4 Å². The molecule has 0 saturated heterocycles. The summed E-state index contributed by atoms with van der Waals surface area (Å²) in [4.78, 5) is 0. The summed E-state index contributed by atoms with van der Waals surface area (Å²) in [7, 11) is 0. The largest absolute Gasteiger partial charge is 0.488 e. The summed E-state index contributed by atoms with van der Waals surface area (Å²) in [5.41, 5.74) is 3.25. The summed E-state index contributed by atoms with van der Waals surface area (Å²) >= 11 is 0. The van der Waals surface area contributed by atoms with Crippen LogP contribution in [-0.4, -0.2) is 5.60 Å². The van der Waals surface area contributed by atoms with Gasteiger partial charge in [0.15, 0.2) is 0 Å². The predicted molar refractivity (Wildman–Crippen MR) is 54.6 cm³/mol. The highest BCUT2D eigenvalue weighted by Crippen LogP contribution is 2.20. The molecule has 0 radical (unpaired) electrons. The third kappa shape index (κ3) is 3.34. The van der Waals surface area contributed by atoms with Gasteiger partial charge in [-0.3, -0.25) is 5.84 Å². The monoisotopic (exact) mass is 180 g/mol. The van der Waals surface area contributed by atoms with Gasteiger partial charge in [0.2, 0.25) is 0 Å². The van der Waals surface area contributed by atoms with E-state index in [9.17, 15) is 0 Å². The van der Waals surface area contributed by atoms with Crippen LogP contribution in [-0.2, 0) is 0 Å². The molecule has 1 rings (SSSR count). The second-order valence-corrected chi connectivity index (χ2v) is 3.89. The van der Waals surface area contributed by atoms with Crippen LogP contribution in [0.15, 0.2) is 24.3 Å². The maximum atomic E-state index is 5.65. The Morgan fingerprint density at radius 2 is 2.00 bits per heavy atom. The smallest absolute Gasteiger partial charge is 0.122 e. The summed E-state index contributed by atoms with van der Waals surface area (Å²) in [6, 6.07) is 7.56. The minimum Gasteiger partial charge on any atom is -0.488 e. The minimum absolute atomic E-state index is 0.173. The molecule has 3 nitrogen and oxygen atoms in total. The molecule has 0 amide bonds. The number of hydrazine groups is 1.